The lowest BCUT2D eigenvalue weighted by atomic mass is 10.5. The average molecular weight is 133 g/mol. The van der Waals surface area contributed by atoms with E-state index in [9.17, 15) is 4.79 Å². The second-order valence-corrected chi connectivity index (χ2v) is 1.79. The van der Waals surface area contributed by atoms with Crippen LogP contribution >= 0.6 is 0 Å². The van der Waals surface area contributed by atoms with Gasteiger partial charge in [-0.15, -0.1) is 0 Å². The highest BCUT2D eigenvalue weighted by atomic mass is 16.3. The van der Waals surface area contributed by atoms with Crippen molar-refractivity contribution in [3.8, 4) is 0 Å². The quantitative estimate of drug-likeness (QED) is 0.464. The Morgan fingerprint density at radius 2 is 2.22 bits per heavy atom. The van der Waals surface area contributed by atoms with Crippen LogP contribution in [0.1, 0.15) is 6.92 Å². The van der Waals surface area contributed by atoms with Gasteiger partial charge >= 0.3 is 0 Å². The van der Waals surface area contributed by atoms with Crippen LogP contribution in [0.5, 0.6) is 0 Å². The highest BCUT2D eigenvalue weighted by Gasteiger charge is 2.10. The first-order valence-corrected chi connectivity index (χ1v) is 2.62. The van der Waals surface area contributed by atoms with Crippen molar-refractivity contribution in [3.63, 3.8) is 0 Å². The summed E-state index contributed by atoms with van der Waals surface area (Å²) >= 11 is 0. The maximum absolute atomic E-state index is 10.4. The minimum atomic E-state index is -1.07. The van der Waals surface area contributed by atoms with Crippen LogP contribution in [0, 0.1) is 0 Å². The van der Waals surface area contributed by atoms with Gasteiger partial charge in [0.1, 0.15) is 0 Å². The molecule has 1 atom stereocenters. The van der Waals surface area contributed by atoms with E-state index in [0.29, 0.717) is 0 Å². The summed E-state index contributed by atoms with van der Waals surface area (Å²) in [7, 11) is 1.42. The molecule has 0 aromatic heterocycles. The van der Waals surface area contributed by atoms with Gasteiger partial charge in [0.2, 0.25) is 5.91 Å². The van der Waals surface area contributed by atoms with E-state index < -0.39 is 12.8 Å². The molecule has 0 heterocycles. The maximum atomic E-state index is 10.4. The van der Waals surface area contributed by atoms with Gasteiger partial charge in [-0.3, -0.25) is 4.79 Å². The lowest BCUT2D eigenvalue weighted by molar-refractivity contribution is -0.138. The summed E-state index contributed by atoms with van der Waals surface area (Å²) in [6.45, 7) is 0.898. The van der Waals surface area contributed by atoms with E-state index in [-0.39, 0.29) is 5.91 Å². The van der Waals surface area contributed by atoms with Crippen molar-refractivity contribution in [3.05, 3.63) is 0 Å². The molecule has 0 saturated carbocycles. The van der Waals surface area contributed by atoms with Crippen molar-refractivity contribution < 1.29 is 15.0 Å². The number of hydrogen-bond acceptors (Lipinski definition) is 3. The Hall–Kier alpha value is -0.610. The van der Waals surface area contributed by atoms with E-state index in [2.05, 4.69) is 0 Å². The van der Waals surface area contributed by atoms with Crippen molar-refractivity contribution in [1.82, 2.24) is 4.90 Å². The zero-order valence-electron chi connectivity index (χ0n) is 5.53. The average Bonchev–Trinajstić information content (AvgIpc) is 1.84. The lowest BCUT2D eigenvalue weighted by Crippen LogP contribution is -2.37. The summed E-state index contributed by atoms with van der Waals surface area (Å²) < 4.78 is 0. The van der Waals surface area contributed by atoms with Crippen LogP contribution in [0.25, 0.3) is 0 Å². The molecule has 0 aliphatic heterocycles. The van der Waals surface area contributed by atoms with E-state index in [1.54, 1.807) is 0 Å². The van der Waals surface area contributed by atoms with Gasteiger partial charge < -0.3 is 15.1 Å². The molecule has 1 amide bonds. The third kappa shape index (κ3) is 2.43. The number of amides is 1. The number of carbonyl (C=O) groups is 1. The molecular formula is C5H11NO3. The van der Waals surface area contributed by atoms with Gasteiger partial charge in [-0.05, 0) is 0 Å². The van der Waals surface area contributed by atoms with E-state index in [1.165, 1.54) is 14.0 Å². The number of nitrogens with zero attached hydrogens (tertiary/aromatic N) is 1. The molecule has 0 fully saturated rings. The first-order chi connectivity index (χ1) is 4.09. The van der Waals surface area contributed by atoms with Gasteiger partial charge in [0.25, 0.3) is 0 Å². The molecule has 0 bridgehead atoms. The molecule has 1 unspecified atom stereocenters. The maximum Gasteiger partial charge on any atom is 0.221 e. The summed E-state index contributed by atoms with van der Waals surface area (Å²) in [5, 5.41) is 17.1. The van der Waals surface area contributed by atoms with Gasteiger partial charge in [-0.25, -0.2) is 0 Å². The summed E-state index contributed by atoms with van der Waals surface area (Å²) in [6.07, 6.45) is -1.07. The Kier molecular flexibility index (Phi) is 3.19. The van der Waals surface area contributed by atoms with Crippen LogP contribution in [0.15, 0.2) is 0 Å². The molecule has 0 aliphatic rings. The number of likely N-dealkylation sites (N-methyl/N-ethyl adjacent to an activating group) is 1. The highest BCUT2D eigenvalue weighted by molar-refractivity contribution is 5.72. The molecule has 54 valence electrons. The summed E-state index contributed by atoms with van der Waals surface area (Å²) in [5.41, 5.74) is 0. The highest BCUT2D eigenvalue weighted by Crippen LogP contribution is 1.89. The van der Waals surface area contributed by atoms with Crippen LogP contribution in [-0.2, 0) is 4.79 Å². The monoisotopic (exact) mass is 133 g/mol. The molecule has 0 saturated heterocycles. The normalized spacial score (nSPS) is 12.9. The van der Waals surface area contributed by atoms with Crippen molar-refractivity contribution in [2.75, 3.05) is 13.7 Å². The molecule has 2 N–H and O–H groups in total. The second kappa shape index (κ2) is 3.42. The van der Waals surface area contributed by atoms with Gasteiger partial charge in [-0.2, -0.15) is 0 Å². The van der Waals surface area contributed by atoms with E-state index in [4.69, 9.17) is 10.2 Å². The molecule has 0 spiro atoms. The summed E-state index contributed by atoms with van der Waals surface area (Å²) in [4.78, 5) is 11.5. The van der Waals surface area contributed by atoms with Crippen LogP contribution in [0.2, 0.25) is 0 Å². The fraction of sp³-hybridized carbons (Fsp3) is 0.800. The standard InChI is InChI=1S/C5H11NO3/c1-4(8)6(2)5(9)3-7/h5,7,9H,3H2,1-2H3. The Balaban J connectivity index is 3.72. The molecule has 0 rings (SSSR count). The SMILES string of the molecule is CC(=O)N(C)C(O)CO. The molecule has 9 heavy (non-hydrogen) atoms. The third-order valence-electron chi connectivity index (χ3n) is 1.11. The molecule has 0 aliphatic carbocycles. The Labute approximate surface area is 53.7 Å². The van der Waals surface area contributed by atoms with Crippen molar-refractivity contribution in [2.45, 2.75) is 13.2 Å². The second-order valence-electron chi connectivity index (χ2n) is 1.79. The van der Waals surface area contributed by atoms with Gasteiger partial charge in [0.05, 0.1) is 6.61 Å². The fourth-order valence-electron chi connectivity index (χ4n) is 0.332. The number of aliphatic hydroxyl groups is 2. The lowest BCUT2D eigenvalue weighted by Gasteiger charge is -2.19. The van der Waals surface area contributed by atoms with E-state index in [0.717, 1.165) is 4.90 Å². The number of rotatable bonds is 2. The zero-order valence-corrected chi connectivity index (χ0v) is 5.53. The van der Waals surface area contributed by atoms with E-state index in [1.807, 2.05) is 0 Å². The zero-order chi connectivity index (χ0) is 7.44. The molecule has 4 nitrogen and oxygen atoms in total. The topological polar surface area (TPSA) is 60.8 Å². The minimum Gasteiger partial charge on any atom is -0.392 e. The molecule has 0 radical (unpaired) electrons. The first kappa shape index (κ1) is 8.39. The Bertz CT molecular complexity index is 104. The summed E-state index contributed by atoms with van der Waals surface area (Å²) in [6, 6.07) is 0. The largest absolute Gasteiger partial charge is 0.392 e. The molecule has 4 heteroatoms. The van der Waals surface area contributed by atoms with Crippen molar-refractivity contribution in [2.24, 2.45) is 0 Å². The van der Waals surface area contributed by atoms with Crippen LogP contribution in [-0.4, -0.2) is 40.9 Å². The predicted octanol–water partition coefficient (Wildman–Crippen LogP) is -1.22. The fourth-order valence-corrected chi connectivity index (χ4v) is 0.332. The first-order valence-electron chi connectivity index (χ1n) is 2.62. The van der Waals surface area contributed by atoms with Crippen LogP contribution in [0.3, 0.4) is 0 Å². The number of carbonyl (C=O) groups excluding carboxylic acids is 1. The minimum absolute atomic E-state index is 0.267. The number of hydrogen-bond donors (Lipinski definition) is 2. The van der Waals surface area contributed by atoms with Gasteiger partial charge in [0, 0.05) is 14.0 Å². The smallest absolute Gasteiger partial charge is 0.221 e. The Morgan fingerprint density at radius 3 is 2.33 bits per heavy atom. The number of aliphatic hydroxyl groups excluding tert-OH is 2. The van der Waals surface area contributed by atoms with Crippen molar-refractivity contribution in [1.29, 1.82) is 0 Å². The van der Waals surface area contributed by atoms with Crippen molar-refractivity contribution >= 4 is 5.91 Å². The van der Waals surface area contributed by atoms with Crippen LogP contribution in [0.4, 0.5) is 0 Å². The predicted molar refractivity (Wildman–Crippen MR) is 31.5 cm³/mol. The Morgan fingerprint density at radius 1 is 1.78 bits per heavy atom. The molecule has 0 aromatic carbocycles. The molecule has 0 aromatic rings. The van der Waals surface area contributed by atoms with Gasteiger partial charge in [-0.1, -0.05) is 0 Å². The third-order valence-corrected chi connectivity index (χ3v) is 1.11. The van der Waals surface area contributed by atoms with E-state index >= 15 is 0 Å². The van der Waals surface area contributed by atoms with Gasteiger partial charge in [0.15, 0.2) is 6.23 Å². The summed E-state index contributed by atoms with van der Waals surface area (Å²) in [5.74, 6) is -0.267. The van der Waals surface area contributed by atoms with Crippen LogP contribution < -0.4 is 0 Å². The molecular weight excluding hydrogens is 122 g/mol.